The van der Waals surface area contributed by atoms with Crippen molar-refractivity contribution in [1.82, 2.24) is 10.6 Å². The molecule has 174 valence electrons. The molecule has 0 bridgehead atoms. The van der Waals surface area contributed by atoms with Gasteiger partial charge < -0.3 is 26.2 Å². The van der Waals surface area contributed by atoms with E-state index in [0.29, 0.717) is 12.8 Å². The molecule has 0 heterocycles. The van der Waals surface area contributed by atoms with Gasteiger partial charge in [0.25, 0.3) is 0 Å². The Morgan fingerprint density at radius 2 is 1.91 bits per heavy atom. The van der Waals surface area contributed by atoms with Crippen LogP contribution in [0.15, 0.2) is 24.3 Å². The normalized spacial score (nSPS) is 11.5. The molecule has 0 aliphatic heterocycles. The number of nitrogens with one attached hydrogen (secondary N) is 2. The maximum Gasteiger partial charge on any atom is 0.408 e. The summed E-state index contributed by atoms with van der Waals surface area (Å²) in [6.07, 6.45) is 0.251. The van der Waals surface area contributed by atoms with Crippen LogP contribution in [0.3, 0.4) is 0 Å². The molecular weight excluding hydrogens is 414 g/mol. The number of carboxylic acids is 1. The molecule has 0 aromatic heterocycles. The van der Waals surface area contributed by atoms with Crippen LogP contribution in [-0.2, 0) is 25.7 Å². The van der Waals surface area contributed by atoms with E-state index in [2.05, 4.69) is 22.5 Å². The van der Waals surface area contributed by atoms with E-state index < -0.39 is 35.5 Å². The molecule has 0 saturated heterocycles. The molecule has 9 nitrogen and oxygen atoms in total. The third-order valence-electron chi connectivity index (χ3n) is 4.01. The van der Waals surface area contributed by atoms with Crippen molar-refractivity contribution < 1.29 is 29.0 Å². The summed E-state index contributed by atoms with van der Waals surface area (Å²) in [7, 11) is 0. The summed E-state index contributed by atoms with van der Waals surface area (Å²) in [5, 5.41) is 13.8. The fraction of sp³-hybridized carbons (Fsp3) is 0.478. The Balaban J connectivity index is 2.70. The van der Waals surface area contributed by atoms with Gasteiger partial charge in [-0.2, -0.15) is 0 Å². The molecule has 9 heteroatoms. The number of alkyl carbamates (subject to hydrolysis) is 1. The number of benzene rings is 1. The summed E-state index contributed by atoms with van der Waals surface area (Å²) >= 11 is 0. The maximum absolute atomic E-state index is 12.6. The fourth-order valence-electron chi connectivity index (χ4n) is 2.57. The first-order chi connectivity index (χ1) is 15.0. The third kappa shape index (κ3) is 12.2. The minimum absolute atomic E-state index is 0.0439. The second kappa shape index (κ2) is 13.0. The largest absolute Gasteiger partial charge is 0.481 e. The molecule has 1 aromatic carbocycles. The van der Waals surface area contributed by atoms with Gasteiger partial charge in [-0.05, 0) is 51.3 Å². The van der Waals surface area contributed by atoms with Crippen LogP contribution in [0.2, 0.25) is 0 Å². The first kappa shape index (κ1) is 26.5. The van der Waals surface area contributed by atoms with Gasteiger partial charge in [0.1, 0.15) is 11.6 Å². The van der Waals surface area contributed by atoms with E-state index in [9.17, 15) is 19.2 Å². The van der Waals surface area contributed by atoms with Gasteiger partial charge in [-0.3, -0.25) is 14.4 Å². The van der Waals surface area contributed by atoms with E-state index in [4.69, 9.17) is 15.6 Å². The highest BCUT2D eigenvalue weighted by Crippen LogP contribution is 2.09. The molecule has 0 saturated carbocycles. The third-order valence-corrected chi connectivity index (χ3v) is 4.01. The van der Waals surface area contributed by atoms with E-state index in [0.717, 1.165) is 11.1 Å². The number of hydrogen-bond donors (Lipinski definition) is 4. The van der Waals surface area contributed by atoms with Crippen LogP contribution in [0.4, 0.5) is 4.79 Å². The Hall–Kier alpha value is -3.54. The molecule has 0 unspecified atom stereocenters. The number of rotatable bonds is 10. The Labute approximate surface area is 188 Å². The number of nitrogens with two attached hydrogens (primary N) is 1. The fourth-order valence-corrected chi connectivity index (χ4v) is 2.57. The first-order valence-corrected chi connectivity index (χ1v) is 10.3. The highest BCUT2D eigenvalue weighted by atomic mass is 16.6. The molecule has 1 atom stereocenters. The van der Waals surface area contributed by atoms with E-state index in [1.807, 2.05) is 18.2 Å². The molecular formula is C23H31N3O6. The molecule has 0 aliphatic carbocycles. The Kier molecular flexibility index (Phi) is 10.8. The van der Waals surface area contributed by atoms with Crippen molar-refractivity contribution in [3.05, 3.63) is 35.4 Å². The number of ether oxygens (including phenoxy) is 1. The second-order valence-corrected chi connectivity index (χ2v) is 8.17. The topological polar surface area (TPSA) is 148 Å². The number of amides is 3. The summed E-state index contributed by atoms with van der Waals surface area (Å²) in [6.45, 7) is 5.30. The number of aliphatic carboxylic acids is 1. The lowest BCUT2D eigenvalue weighted by molar-refractivity contribution is -0.137. The average Bonchev–Trinajstić information content (AvgIpc) is 2.67. The van der Waals surface area contributed by atoms with Crippen LogP contribution < -0.4 is 16.4 Å². The first-order valence-electron chi connectivity index (χ1n) is 10.3. The van der Waals surface area contributed by atoms with Crippen LogP contribution in [0, 0.1) is 11.8 Å². The number of carboxylic acid groups (broad SMARTS) is 1. The standard InChI is InChI=1S/C23H31N3O6/c1-23(2,3)32-22(31)26-18(12-13-19(24)27)21(30)25-15-17-10-7-9-16(14-17)8-5-4-6-11-20(28)29/h7,9-10,14,18H,4,6,11-13,15H2,1-3H3,(H2,24,27)(H,25,30)(H,26,31)(H,28,29)/t18-/m0/s1. The molecule has 0 aliphatic rings. The van der Waals surface area contributed by atoms with Crippen LogP contribution >= 0.6 is 0 Å². The molecule has 0 fully saturated rings. The number of primary amides is 1. The lowest BCUT2D eigenvalue weighted by atomic mass is 10.1. The Morgan fingerprint density at radius 3 is 2.53 bits per heavy atom. The lowest BCUT2D eigenvalue weighted by Crippen LogP contribution is -2.48. The van der Waals surface area contributed by atoms with Gasteiger partial charge in [0, 0.05) is 31.4 Å². The predicted molar refractivity (Wildman–Crippen MR) is 118 cm³/mol. The van der Waals surface area contributed by atoms with E-state index >= 15 is 0 Å². The van der Waals surface area contributed by atoms with Crippen LogP contribution in [0.5, 0.6) is 0 Å². The Bertz CT molecular complexity index is 880. The monoisotopic (exact) mass is 445 g/mol. The van der Waals surface area contributed by atoms with Gasteiger partial charge in [0.05, 0.1) is 0 Å². The number of unbranched alkanes of at least 4 members (excludes halogenated alkanes) is 1. The van der Waals surface area contributed by atoms with Crippen molar-refractivity contribution in [1.29, 1.82) is 0 Å². The number of hydrogen-bond acceptors (Lipinski definition) is 5. The summed E-state index contributed by atoms with van der Waals surface area (Å²) in [5.41, 5.74) is 5.97. The highest BCUT2D eigenvalue weighted by Gasteiger charge is 2.24. The quantitative estimate of drug-likeness (QED) is 0.320. The van der Waals surface area contributed by atoms with Crippen molar-refractivity contribution in [3.8, 4) is 11.8 Å². The van der Waals surface area contributed by atoms with Gasteiger partial charge in [0.15, 0.2) is 0 Å². The van der Waals surface area contributed by atoms with Crippen molar-refractivity contribution in [2.24, 2.45) is 5.73 Å². The lowest BCUT2D eigenvalue weighted by Gasteiger charge is -2.23. The summed E-state index contributed by atoms with van der Waals surface area (Å²) in [4.78, 5) is 46.3. The second-order valence-electron chi connectivity index (χ2n) is 8.17. The summed E-state index contributed by atoms with van der Waals surface area (Å²) in [5.74, 6) is 4.00. The zero-order valence-electron chi connectivity index (χ0n) is 18.7. The SMILES string of the molecule is CC(C)(C)OC(=O)N[C@@H](CCC(N)=O)C(=O)NCc1cccc(C#CCCCC(=O)O)c1. The van der Waals surface area contributed by atoms with E-state index in [-0.39, 0.29) is 25.8 Å². The van der Waals surface area contributed by atoms with Gasteiger partial charge in [-0.15, -0.1) is 0 Å². The van der Waals surface area contributed by atoms with Gasteiger partial charge in [-0.1, -0.05) is 24.0 Å². The molecule has 0 radical (unpaired) electrons. The van der Waals surface area contributed by atoms with Crippen molar-refractivity contribution >= 4 is 23.9 Å². The molecule has 1 rings (SSSR count). The molecule has 5 N–H and O–H groups in total. The highest BCUT2D eigenvalue weighted by molar-refractivity contribution is 5.86. The Morgan fingerprint density at radius 1 is 1.19 bits per heavy atom. The van der Waals surface area contributed by atoms with Gasteiger partial charge in [-0.25, -0.2) is 4.79 Å². The number of carbonyl (C=O) groups excluding carboxylic acids is 3. The van der Waals surface area contributed by atoms with E-state index in [1.54, 1.807) is 26.8 Å². The molecule has 0 spiro atoms. The minimum atomic E-state index is -0.977. The smallest absolute Gasteiger partial charge is 0.408 e. The minimum Gasteiger partial charge on any atom is -0.481 e. The summed E-state index contributed by atoms with van der Waals surface area (Å²) in [6, 6.07) is 6.26. The summed E-state index contributed by atoms with van der Waals surface area (Å²) < 4.78 is 5.18. The van der Waals surface area contributed by atoms with Crippen molar-refractivity contribution in [3.63, 3.8) is 0 Å². The molecule has 1 aromatic rings. The molecule has 3 amide bonds. The molecule has 32 heavy (non-hydrogen) atoms. The van der Waals surface area contributed by atoms with Crippen LogP contribution in [0.1, 0.15) is 64.0 Å². The number of carbonyl (C=O) groups is 4. The van der Waals surface area contributed by atoms with Crippen LogP contribution in [-0.4, -0.2) is 40.6 Å². The van der Waals surface area contributed by atoms with E-state index in [1.165, 1.54) is 0 Å². The zero-order valence-corrected chi connectivity index (χ0v) is 18.7. The maximum atomic E-state index is 12.6. The van der Waals surface area contributed by atoms with Gasteiger partial charge in [0.2, 0.25) is 11.8 Å². The van der Waals surface area contributed by atoms with Crippen molar-refractivity contribution in [2.75, 3.05) is 0 Å². The van der Waals surface area contributed by atoms with Gasteiger partial charge >= 0.3 is 12.1 Å². The predicted octanol–water partition coefficient (Wildman–Crippen LogP) is 2.07. The van der Waals surface area contributed by atoms with Crippen molar-refractivity contribution in [2.45, 2.75) is 71.1 Å². The van der Waals surface area contributed by atoms with Crippen LogP contribution in [0.25, 0.3) is 0 Å². The zero-order chi connectivity index (χ0) is 24.1. The average molecular weight is 446 g/mol.